The predicted molar refractivity (Wildman–Crippen MR) is 74.8 cm³/mol. The van der Waals surface area contributed by atoms with Crippen LogP contribution in [0.15, 0.2) is 41.1 Å². The molecule has 7 heteroatoms. The minimum absolute atomic E-state index is 0.301. The summed E-state index contributed by atoms with van der Waals surface area (Å²) in [5.74, 6) is 1.69. The maximum Gasteiger partial charge on any atom is 0.269 e. The van der Waals surface area contributed by atoms with E-state index in [4.69, 9.17) is 9.26 Å². The van der Waals surface area contributed by atoms with Crippen LogP contribution in [-0.4, -0.2) is 26.5 Å². The number of anilines is 1. The zero-order valence-electron chi connectivity index (χ0n) is 11.4. The van der Waals surface area contributed by atoms with Crippen LogP contribution in [0.5, 0.6) is 5.75 Å². The summed E-state index contributed by atoms with van der Waals surface area (Å²) in [6.45, 7) is 0.584. The zero-order chi connectivity index (χ0) is 14.2. The fourth-order valence-electron chi connectivity index (χ4n) is 2.26. The summed E-state index contributed by atoms with van der Waals surface area (Å²) in [7, 11) is 1.84. The van der Waals surface area contributed by atoms with Crippen molar-refractivity contribution >= 4 is 5.69 Å². The third-order valence-electron chi connectivity index (χ3n) is 3.29. The molecule has 3 aromatic rings. The van der Waals surface area contributed by atoms with Crippen LogP contribution >= 0.6 is 0 Å². The van der Waals surface area contributed by atoms with Crippen molar-refractivity contribution in [2.75, 3.05) is 11.9 Å². The fourth-order valence-corrected chi connectivity index (χ4v) is 2.26. The third kappa shape index (κ3) is 2.12. The molecule has 0 aliphatic carbocycles. The molecule has 0 fully saturated rings. The fraction of sp³-hybridized carbons (Fsp3) is 0.214. The lowest BCUT2D eigenvalue weighted by Crippen LogP contribution is -2.23. The molecule has 106 valence electrons. The van der Waals surface area contributed by atoms with E-state index in [1.807, 2.05) is 43.6 Å². The van der Waals surface area contributed by atoms with Crippen molar-refractivity contribution < 1.29 is 9.26 Å². The molecule has 4 rings (SSSR count). The van der Waals surface area contributed by atoms with Gasteiger partial charge in [0.1, 0.15) is 11.4 Å². The summed E-state index contributed by atoms with van der Waals surface area (Å²) >= 11 is 0. The molecule has 0 bridgehead atoms. The Kier molecular flexibility index (Phi) is 2.63. The van der Waals surface area contributed by atoms with Crippen LogP contribution < -0.4 is 10.1 Å². The van der Waals surface area contributed by atoms with Crippen LogP contribution in [0.25, 0.3) is 11.5 Å². The Morgan fingerprint density at radius 3 is 3.05 bits per heavy atom. The number of rotatable bonds is 2. The van der Waals surface area contributed by atoms with Crippen LogP contribution in [0.2, 0.25) is 0 Å². The average Bonchev–Trinajstić information content (AvgIpc) is 3.15. The third-order valence-corrected chi connectivity index (χ3v) is 3.29. The van der Waals surface area contributed by atoms with Gasteiger partial charge in [-0.25, -0.2) is 0 Å². The Bertz CT molecular complexity index is 779. The smallest absolute Gasteiger partial charge is 0.269 e. The number of aromatic nitrogens is 4. The minimum atomic E-state index is -0.301. The van der Waals surface area contributed by atoms with Crippen LogP contribution in [-0.2, 0) is 7.05 Å². The second kappa shape index (κ2) is 4.62. The molecule has 0 spiro atoms. The molecule has 2 aromatic heterocycles. The first-order chi connectivity index (χ1) is 10.3. The number of nitrogens with one attached hydrogen (secondary N) is 1. The van der Waals surface area contributed by atoms with Crippen LogP contribution in [0.1, 0.15) is 12.0 Å². The highest BCUT2D eigenvalue weighted by atomic mass is 16.5. The van der Waals surface area contributed by atoms with Gasteiger partial charge < -0.3 is 14.6 Å². The van der Waals surface area contributed by atoms with Gasteiger partial charge in [0, 0.05) is 13.2 Å². The highest BCUT2D eigenvalue weighted by Gasteiger charge is 2.26. The minimum Gasteiger partial charge on any atom is -0.477 e. The topological polar surface area (TPSA) is 78.0 Å². The van der Waals surface area contributed by atoms with Crippen molar-refractivity contribution in [3.63, 3.8) is 0 Å². The average molecular weight is 283 g/mol. The lowest BCUT2D eigenvalue weighted by atomic mass is 10.2. The summed E-state index contributed by atoms with van der Waals surface area (Å²) < 4.78 is 12.9. The van der Waals surface area contributed by atoms with Crippen LogP contribution in [0, 0.1) is 0 Å². The van der Waals surface area contributed by atoms with Gasteiger partial charge in [0.05, 0.1) is 12.2 Å². The van der Waals surface area contributed by atoms with Gasteiger partial charge in [0.15, 0.2) is 6.10 Å². The Labute approximate surface area is 120 Å². The highest BCUT2D eigenvalue weighted by molar-refractivity contribution is 5.58. The van der Waals surface area contributed by atoms with Crippen molar-refractivity contribution in [3.8, 4) is 17.3 Å². The van der Waals surface area contributed by atoms with E-state index in [1.165, 1.54) is 0 Å². The Hall–Kier alpha value is -2.83. The number of benzene rings is 1. The van der Waals surface area contributed by atoms with E-state index >= 15 is 0 Å². The first kappa shape index (κ1) is 12.0. The van der Waals surface area contributed by atoms with Gasteiger partial charge in [-0.15, -0.1) is 0 Å². The SMILES string of the molecule is Cn1ccc(-c2noc(C3CNc4ccccc4O3)n2)n1. The van der Waals surface area contributed by atoms with E-state index in [-0.39, 0.29) is 6.10 Å². The molecule has 1 atom stereocenters. The number of para-hydroxylation sites is 2. The molecule has 7 nitrogen and oxygen atoms in total. The molecule has 21 heavy (non-hydrogen) atoms. The number of hydrogen-bond acceptors (Lipinski definition) is 6. The summed E-state index contributed by atoms with van der Waals surface area (Å²) in [6, 6.07) is 9.60. The molecule has 1 aliphatic rings. The molecular formula is C14H13N5O2. The molecule has 1 aromatic carbocycles. The highest BCUT2D eigenvalue weighted by Crippen LogP contribution is 2.33. The number of aryl methyl sites for hydroxylation is 1. The van der Waals surface area contributed by atoms with Gasteiger partial charge in [-0.2, -0.15) is 10.1 Å². The van der Waals surface area contributed by atoms with E-state index in [0.29, 0.717) is 24.0 Å². The van der Waals surface area contributed by atoms with Crippen molar-refractivity contribution in [2.45, 2.75) is 6.10 Å². The lowest BCUT2D eigenvalue weighted by Gasteiger charge is -2.24. The first-order valence-electron chi connectivity index (χ1n) is 6.63. The molecule has 3 heterocycles. The van der Waals surface area contributed by atoms with Crippen molar-refractivity contribution in [3.05, 3.63) is 42.4 Å². The quantitative estimate of drug-likeness (QED) is 0.775. The van der Waals surface area contributed by atoms with Crippen molar-refractivity contribution in [2.24, 2.45) is 7.05 Å². The maximum atomic E-state index is 5.89. The normalized spacial score (nSPS) is 16.9. The van der Waals surface area contributed by atoms with Gasteiger partial charge in [-0.1, -0.05) is 17.3 Å². The van der Waals surface area contributed by atoms with E-state index in [1.54, 1.807) is 4.68 Å². The van der Waals surface area contributed by atoms with Crippen LogP contribution in [0.4, 0.5) is 5.69 Å². The molecule has 0 radical (unpaired) electrons. The van der Waals surface area contributed by atoms with Gasteiger partial charge >= 0.3 is 0 Å². The molecule has 0 saturated carbocycles. The predicted octanol–water partition coefficient (Wildman–Crippen LogP) is 2.02. The number of hydrogen-bond donors (Lipinski definition) is 1. The molecule has 1 unspecified atom stereocenters. The van der Waals surface area contributed by atoms with E-state index < -0.39 is 0 Å². The Balaban J connectivity index is 1.60. The summed E-state index contributed by atoms with van der Waals surface area (Å²) in [6.07, 6.45) is 1.53. The van der Waals surface area contributed by atoms with E-state index in [0.717, 1.165) is 11.4 Å². The van der Waals surface area contributed by atoms with Crippen LogP contribution in [0.3, 0.4) is 0 Å². The molecule has 0 amide bonds. The summed E-state index contributed by atoms with van der Waals surface area (Å²) in [5.41, 5.74) is 1.65. The molecule has 1 aliphatic heterocycles. The number of ether oxygens (including phenoxy) is 1. The van der Waals surface area contributed by atoms with Gasteiger partial charge in [-0.3, -0.25) is 4.68 Å². The Morgan fingerprint density at radius 1 is 1.29 bits per heavy atom. The van der Waals surface area contributed by atoms with E-state index in [2.05, 4.69) is 20.6 Å². The zero-order valence-corrected chi connectivity index (χ0v) is 11.4. The lowest BCUT2D eigenvalue weighted by molar-refractivity contribution is 0.163. The number of nitrogens with zero attached hydrogens (tertiary/aromatic N) is 4. The van der Waals surface area contributed by atoms with E-state index in [9.17, 15) is 0 Å². The largest absolute Gasteiger partial charge is 0.477 e. The standard InChI is InChI=1S/C14H13N5O2/c1-19-7-6-10(17-19)13-16-14(21-18-13)12-8-15-9-4-2-3-5-11(9)20-12/h2-7,12,15H,8H2,1H3. The molecular weight excluding hydrogens is 270 g/mol. The van der Waals surface area contributed by atoms with Gasteiger partial charge in [0.25, 0.3) is 5.89 Å². The van der Waals surface area contributed by atoms with Crippen molar-refractivity contribution in [1.82, 2.24) is 19.9 Å². The van der Waals surface area contributed by atoms with Gasteiger partial charge in [-0.05, 0) is 18.2 Å². The second-order valence-corrected chi connectivity index (χ2v) is 4.81. The summed E-state index contributed by atoms with van der Waals surface area (Å²) in [5, 5.41) is 11.5. The summed E-state index contributed by atoms with van der Waals surface area (Å²) in [4.78, 5) is 4.37. The second-order valence-electron chi connectivity index (χ2n) is 4.81. The molecule has 1 N–H and O–H groups in total. The Morgan fingerprint density at radius 2 is 2.19 bits per heavy atom. The molecule has 0 saturated heterocycles. The number of fused-ring (bicyclic) bond motifs is 1. The van der Waals surface area contributed by atoms with Gasteiger partial charge in [0.2, 0.25) is 5.82 Å². The maximum absolute atomic E-state index is 5.89. The first-order valence-corrected chi connectivity index (χ1v) is 6.63. The monoisotopic (exact) mass is 283 g/mol. The van der Waals surface area contributed by atoms with Crippen molar-refractivity contribution in [1.29, 1.82) is 0 Å².